The third kappa shape index (κ3) is 6.08. The molecule has 4 rings (SSSR count). The summed E-state index contributed by atoms with van der Waals surface area (Å²) in [5.74, 6) is -0.802. The number of hydrogen-bond acceptors (Lipinski definition) is 7. The number of carbonyl (C=O) groups excluding carboxylic acids is 3. The smallest absolute Gasteiger partial charge is 0.338 e. The zero-order valence-electron chi connectivity index (χ0n) is 21.7. The molecule has 0 radical (unpaired) electrons. The molecule has 0 spiro atoms. The van der Waals surface area contributed by atoms with Gasteiger partial charge >= 0.3 is 5.97 Å². The highest BCUT2D eigenvalue weighted by molar-refractivity contribution is 8.04. The normalized spacial score (nSPS) is 13.2. The highest BCUT2D eigenvalue weighted by Crippen LogP contribution is 2.39. The average molecular weight is 531 g/mol. The van der Waals surface area contributed by atoms with Gasteiger partial charge in [0.2, 0.25) is 0 Å². The fourth-order valence-corrected chi connectivity index (χ4v) is 4.73. The Labute approximate surface area is 226 Å². The molecule has 0 aliphatic carbocycles. The summed E-state index contributed by atoms with van der Waals surface area (Å²) >= 11 is 1.23. The summed E-state index contributed by atoms with van der Waals surface area (Å²) in [7, 11) is 0. The molecule has 3 aromatic carbocycles. The number of nitrogens with one attached hydrogen (secondary N) is 1. The maximum Gasteiger partial charge on any atom is 0.338 e. The van der Waals surface area contributed by atoms with Gasteiger partial charge in [0, 0.05) is 4.90 Å². The molecule has 0 saturated carbocycles. The SMILES string of the molecule is CCCCOC(=O)c1ccc(N2C(=O)C(Nc3ccccc3OCC)=C(Sc3ccc(C)cc3)C2=O)cc1. The summed E-state index contributed by atoms with van der Waals surface area (Å²) < 4.78 is 11.0. The lowest BCUT2D eigenvalue weighted by Gasteiger charge is -2.16. The monoisotopic (exact) mass is 530 g/mol. The zero-order chi connectivity index (χ0) is 27.1. The van der Waals surface area contributed by atoms with Crippen LogP contribution in [-0.4, -0.2) is 31.0 Å². The van der Waals surface area contributed by atoms with Gasteiger partial charge in [0.05, 0.1) is 30.2 Å². The van der Waals surface area contributed by atoms with Crippen molar-refractivity contribution in [3.63, 3.8) is 0 Å². The first-order chi connectivity index (χ1) is 18.4. The zero-order valence-corrected chi connectivity index (χ0v) is 22.5. The lowest BCUT2D eigenvalue weighted by molar-refractivity contribution is -0.120. The molecule has 0 unspecified atom stereocenters. The first-order valence-electron chi connectivity index (χ1n) is 12.6. The number of hydrogen-bond donors (Lipinski definition) is 1. The van der Waals surface area contributed by atoms with Crippen LogP contribution in [0.2, 0.25) is 0 Å². The molecule has 7 nitrogen and oxygen atoms in total. The molecule has 1 aliphatic rings. The van der Waals surface area contributed by atoms with Crippen molar-refractivity contribution >= 4 is 40.9 Å². The van der Waals surface area contributed by atoms with Crippen LogP contribution < -0.4 is 15.0 Å². The van der Waals surface area contributed by atoms with Gasteiger partial charge in [0.25, 0.3) is 11.8 Å². The van der Waals surface area contributed by atoms with Gasteiger partial charge in [-0.25, -0.2) is 9.69 Å². The Morgan fingerprint density at radius 1 is 0.921 bits per heavy atom. The predicted octanol–water partition coefficient (Wildman–Crippen LogP) is 6.34. The quantitative estimate of drug-likeness (QED) is 0.176. The Balaban J connectivity index is 1.65. The minimum atomic E-state index is -0.491. The van der Waals surface area contributed by atoms with Crippen LogP contribution in [0.1, 0.15) is 42.6 Å². The molecule has 196 valence electrons. The standard InChI is InChI=1S/C30H30N2O5S/c1-4-6-19-37-30(35)21-13-15-22(16-14-21)32-28(33)26(31-24-9-7-8-10-25(24)36-5-2)27(29(32)34)38-23-17-11-20(3)12-18-23/h7-18,31H,4-6,19H2,1-3H3. The van der Waals surface area contributed by atoms with Crippen molar-refractivity contribution in [3.05, 3.63) is 94.5 Å². The summed E-state index contributed by atoms with van der Waals surface area (Å²) in [4.78, 5) is 41.9. The number of aryl methyl sites for hydroxylation is 1. The van der Waals surface area contributed by atoms with E-state index in [0.29, 0.717) is 35.9 Å². The van der Waals surface area contributed by atoms with Gasteiger partial charge in [0.1, 0.15) is 16.4 Å². The fourth-order valence-electron chi connectivity index (χ4n) is 3.80. The Morgan fingerprint density at radius 3 is 2.32 bits per heavy atom. The average Bonchev–Trinajstić information content (AvgIpc) is 3.15. The van der Waals surface area contributed by atoms with Crippen LogP contribution in [0.25, 0.3) is 0 Å². The molecule has 1 heterocycles. The lowest BCUT2D eigenvalue weighted by Crippen LogP contribution is -2.32. The number of unbranched alkanes of at least 4 members (excludes halogenated alkanes) is 1. The van der Waals surface area contributed by atoms with Crippen molar-refractivity contribution in [1.82, 2.24) is 0 Å². The summed E-state index contributed by atoms with van der Waals surface area (Å²) in [6.07, 6.45) is 1.71. The van der Waals surface area contributed by atoms with E-state index in [9.17, 15) is 14.4 Å². The molecule has 3 aromatic rings. The summed E-state index contributed by atoms with van der Waals surface area (Å²) in [5, 5.41) is 3.16. The van der Waals surface area contributed by atoms with Gasteiger partial charge < -0.3 is 14.8 Å². The Hall–Kier alpha value is -4.04. The Kier molecular flexibility index (Phi) is 8.86. The molecule has 1 aliphatic heterocycles. The number of para-hydroxylation sites is 2. The number of rotatable bonds is 11. The van der Waals surface area contributed by atoms with E-state index in [1.807, 2.05) is 57.2 Å². The predicted molar refractivity (Wildman–Crippen MR) is 149 cm³/mol. The minimum Gasteiger partial charge on any atom is -0.492 e. The first kappa shape index (κ1) is 27.0. The number of imide groups is 1. The third-order valence-corrected chi connectivity index (χ3v) is 6.91. The van der Waals surface area contributed by atoms with Crippen LogP contribution >= 0.6 is 11.8 Å². The number of esters is 1. The van der Waals surface area contributed by atoms with Crippen molar-refractivity contribution in [3.8, 4) is 5.75 Å². The van der Waals surface area contributed by atoms with E-state index in [1.54, 1.807) is 36.4 Å². The van der Waals surface area contributed by atoms with E-state index < -0.39 is 17.8 Å². The highest BCUT2D eigenvalue weighted by Gasteiger charge is 2.40. The van der Waals surface area contributed by atoms with E-state index in [-0.39, 0.29) is 10.6 Å². The molecule has 8 heteroatoms. The summed E-state index contributed by atoms with van der Waals surface area (Å²) in [5.41, 5.74) is 2.56. The number of nitrogens with zero attached hydrogens (tertiary/aromatic N) is 1. The number of thioether (sulfide) groups is 1. The van der Waals surface area contributed by atoms with Gasteiger partial charge in [-0.05, 0) is 68.8 Å². The van der Waals surface area contributed by atoms with Crippen LogP contribution in [0, 0.1) is 6.92 Å². The summed E-state index contributed by atoms with van der Waals surface area (Å²) in [6, 6.07) is 21.3. The molecule has 0 bridgehead atoms. The summed E-state index contributed by atoms with van der Waals surface area (Å²) in [6.45, 7) is 6.69. The Bertz CT molecular complexity index is 1350. The topological polar surface area (TPSA) is 84.9 Å². The largest absolute Gasteiger partial charge is 0.492 e. The Morgan fingerprint density at radius 2 is 1.63 bits per heavy atom. The molecule has 0 aromatic heterocycles. The second-order valence-corrected chi connectivity index (χ2v) is 9.74. The molecule has 0 fully saturated rings. The number of amides is 2. The minimum absolute atomic E-state index is 0.163. The van der Waals surface area contributed by atoms with Crippen LogP contribution in [0.15, 0.2) is 88.3 Å². The van der Waals surface area contributed by atoms with E-state index in [1.165, 1.54) is 11.8 Å². The molecule has 2 amide bonds. The van der Waals surface area contributed by atoms with Crippen LogP contribution in [0.4, 0.5) is 11.4 Å². The van der Waals surface area contributed by atoms with Crippen molar-refractivity contribution in [2.45, 2.75) is 38.5 Å². The van der Waals surface area contributed by atoms with Crippen LogP contribution in [0.3, 0.4) is 0 Å². The molecule has 0 atom stereocenters. The third-order valence-electron chi connectivity index (χ3n) is 5.82. The van der Waals surface area contributed by atoms with Gasteiger partial charge in [-0.3, -0.25) is 9.59 Å². The van der Waals surface area contributed by atoms with Gasteiger partial charge in [-0.15, -0.1) is 0 Å². The lowest BCUT2D eigenvalue weighted by atomic mass is 10.2. The van der Waals surface area contributed by atoms with E-state index in [2.05, 4.69) is 5.32 Å². The van der Waals surface area contributed by atoms with Gasteiger partial charge in [-0.1, -0.05) is 54.9 Å². The van der Waals surface area contributed by atoms with Crippen LogP contribution in [-0.2, 0) is 14.3 Å². The van der Waals surface area contributed by atoms with E-state index in [0.717, 1.165) is 28.2 Å². The number of carbonyl (C=O) groups is 3. The van der Waals surface area contributed by atoms with Gasteiger partial charge in [0.15, 0.2) is 0 Å². The van der Waals surface area contributed by atoms with Crippen LogP contribution in [0.5, 0.6) is 5.75 Å². The second-order valence-electron chi connectivity index (χ2n) is 8.66. The van der Waals surface area contributed by atoms with Crippen molar-refractivity contribution in [2.24, 2.45) is 0 Å². The van der Waals surface area contributed by atoms with Crippen molar-refractivity contribution < 1.29 is 23.9 Å². The first-order valence-corrected chi connectivity index (χ1v) is 13.4. The van der Waals surface area contributed by atoms with Crippen molar-refractivity contribution in [2.75, 3.05) is 23.4 Å². The van der Waals surface area contributed by atoms with E-state index >= 15 is 0 Å². The highest BCUT2D eigenvalue weighted by atomic mass is 32.2. The van der Waals surface area contributed by atoms with E-state index in [4.69, 9.17) is 9.47 Å². The molecular weight excluding hydrogens is 500 g/mol. The fraction of sp³-hybridized carbons (Fsp3) is 0.233. The number of benzene rings is 3. The maximum absolute atomic E-state index is 13.7. The molecule has 1 N–H and O–H groups in total. The number of anilines is 2. The van der Waals surface area contributed by atoms with Crippen molar-refractivity contribution in [1.29, 1.82) is 0 Å². The molecule has 38 heavy (non-hydrogen) atoms. The maximum atomic E-state index is 13.7. The second kappa shape index (κ2) is 12.5. The van der Waals surface area contributed by atoms with Gasteiger partial charge in [-0.2, -0.15) is 0 Å². The molecular formula is C30H30N2O5S. The number of ether oxygens (including phenoxy) is 2. The molecule has 0 saturated heterocycles.